The fourth-order valence-electron chi connectivity index (χ4n) is 5.72. The molecule has 218 valence electrons. The molecule has 1 aliphatic rings. The van der Waals surface area contributed by atoms with E-state index in [9.17, 15) is 18.0 Å². The molecule has 0 heterocycles. The summed E-state index contributed by atoms with van der Waals surface area (Å²) in [5.41, 5.74) is 2.20. The molecule has 1 N–H and O–H groups in total. The third-order valence-corrected chi connectivity index (χ3v) is 9.01. The molecule has 0 spiro atoms. The summed E-state index contributed by atoms with van der Waals surface area (Å²) in [6.07, 6.45) is 5.38. The van der Waals surface area contributed by atoms with Crippen molar-refractivity contribution >= 4 is 38.3 Å². The summed E-state index contributed by atoms with van der Waals surface area (Å²) in [7, 11) is -3.85. The monoisotopic (exact) mass is 583 g/mol. The van der Waals surface area contributed by atoms with Gasteiger partial charge in [0.15, 0.2) is 0 Å². The smallest absolute Gasteiger partial charge is 0.244 e. The second-order valence-electron chi connectivity index (χ2n) is 11.0. The Labute approximate surface area is 248 Å². The van der Waals surface area contributed by atoms with Gasteiger partial charge in [0.2, 0.25) is 21.8 Å². The fraction of sp³-hybridized carbons (Fsp3) is 0.294. The van der Waals surface area contributed by atoms with Gasteiger partial charge in [-0.15, -0.1) is 0 Å². The van der Waals surface area contributed by atoms with E-state index >= 15 is 0 Å². The molecular weight excluding hydrogens is 546 g/mol. The first-order chi connectivity index (χ1) is 20.3. The molecule has 4 aromatic carbocycles. The van der Waals surface area contributed by atoms with Crippen molar-refractivity contribution in [2.75, 3.05) is 17.1 Å². The van der Waals surface area contributed by atoms with Crippen LogP contribution in [0.4, 0.5) is 5.69 Å². The number of nitrogens with one attached hydrogen (secondary N) is 1. The van der Waals surface area contributed by atoms with Gasteiger partial charge in [-0.05, 0) is 35.4 Å². The molecule has 0 saturated heterocycles. The van der Waals surface area contributed by atoms with E-state index in [2.05, 4.69) is 5.32 Å². The Morgan fingerprint density at radius 3 is 2.07 bits per heavy atom. The van der Waals surface area contributed by atoms with Crippen LogP contribution < -0.4 is 9.62 Å². The lowest BCUT2D eigenvalue weighted by atomic mass is 10.0. The van der Waals surface area contributed by atoms with Crippen LogP contribution in [0.2, 0.25) is 0 Å². The number of amides is 2. The minimum atomic E-state index is -3.85. The van der Waals surface area contributed by atoms with Gasteiger partial charge in [0.1, 0.15) is 12.6 Å². The maximum Gasteiger partial charge on any atom is 0.244 e. The van der Waals surface area contributed by atoms with Crippen LogP contribution in [0.15, 0.2) is 103 Å². The third-order valence-electron chi connectivity index (χ3n) is 7.88. The first-order valence-corrected chi connectivity index (χ1v) is 16.3. The third kappa shape index (κ3) is 7.18. The molecule has 1 saturated carbocycles. The summed E-state index contributed by atoms with van der Waals surface area (Å²) in [6.45, 7) is -0.260. The van der Waals surface area contributed by atoms with Crippen LogP contribution in [0.1, 0.15) is 36.8 Å². The minimum absolute atomic E-state index is 0.0765. The van der Waals surface area contributed by atoms with Crippen molar-refractivity contribution in [2.45, 2.75) is 50.7 Å². The maximum atomic E-state index is 14.3. The Morgan fingerprint density at radius 2 is 1.40 bits per heavy atom. The highest BCUT2D eigenvalue weighted by molar-refractivity contribution is 7.92. The molecule has 1 aliphatic carbocycles. The lowest BCUT2D eigenvalue weighted by Crippen LogP contribution is -2.54. The molecule has 0 radical (unpaired) electrons. The van der Waals surface area contributed by atoms with E-state index in [1.165, 1.54) is 0 Å². The molecule has 8 heteroatoms. The first kappa shape index (κ1) is 29.3. The van der Waals surface area contributed by atoms with Crippen LogP contribution in [0.3, 0.4) is 0 Å². The second kappa shape index (κ2) is 13.2. The van der Waals surface area contributed by atoms with E-state index in [0.717, 1.165) is 58.1 Å². The normalized spacial score (nSPS) is 14.4. The number of carbonyl (C=O) groups excluding carboxylic acids is 2. The van der Waals surface area contributed by atoms with Crippen LogP contribution in [0.5, 0.6) is 0 Å². The summed E-state index contributed by atoms with van der Waals surface area (Å²) < 4.78 is 27.5. The largest absolute Gasteiger partial charge is 0.352 e. The molecule has 4 aromatic rings. The predicted molar refractivity (Wildman–Crippen MR) is 167 cm³/mol. The van der Waals surface area contributed by atoms with Crippen molar-refractivity contribution in [1.29, 1.82) is 0 Å². The van der Waals surface area contributed by atoms with Crippen molar-refractivity contribution in [3.05, 3.63) is 114 Å². The van der Waals surface area contributed by atoms with Crippen molar-refractivity contribution in [1.82, 2.24) is 10.2 Å². The highest BCUT2D eigenvalue weighted by Gasteiger charge is 2.34. The average Bonchev–Trinajstić information content (AvgIpc) is 3.51. The highest BCUT2D eigenvalue weighted by atomic mass is 32.2. The van der Waals surface area contributed by atoms with Crippen LogP contribution in [-0.2, 0) is 32.6 Å². The van der Waals surface area contributed by atoms with Crippen molar-refractivity contribution in [3.8, 4) is 0 Å². The molecule has 0 aromatic heterocycles. The zero-order chi connectivity index (χ0) is 29.5. The second-order valence-corrected chi connectivity index (χ2v) is 12.9. The van der Waals surface area contributed by atoms with Gasteiger partial charge >= 0.3 is 0 Å². The van der Waals surface area contributed by atoms with Gasteiger partial charge in [-0.25, -0.2) is 8.42 Å². The predicted octanol–water partition coefficient (Wildman–Crippen LogP) is 5.30. The Kier molecular flexibility index (Phi) is 9.22. The van der Waals surface area contributed by atoms with E-state index in [4.69, 9.17) is 0 Å². The molecule has 0 aliphatic heterocycles. The standard InChI is InChI=1S/C34H37N3O4S/c1-42(40,41)37(31-22-12-18-28-17-8-11-21-30(28)31)25-33(38)36(24-27-15-6-3-7-16-27)32(23-26-13-4-2-5-14-26)34(39)35-29-19-9-10-20-29/h2-8,11-18,21-22,29,32H,9-10,19-20,23-25H2,1H3,(H,35,39)/t32-/m0/s1. The molecule has 0 bridgehead atoms. The Balaban J connectivity index is 1.53. The molecule has 1 fully saturated rings. The highest BCUT2D eigenvalue weighted by Crippen LogP contribution is 2.29. The average molecular weight is 584 g/mol. The molecule has 2 amide bonds. The van der Waals surface area contributed by atoms with E-state index < -0.39 is 28.5 Å². The molecule has 5 rings (SSSR count). The van der Waals surface area contributed by atoms with Crippen LogP contribution in [0, 0.1) is 0 Å². The Hall–Kier alpha value is -4.17. The number of sulfonamides is 1. The summed E-state index contributed by atoms with van der Waals surface area (Å²) >= 11 is 0. The molecule has 42 heavy (non-hydrogen) atoms. The molecule has 7 nitrogen and oxygen atoms in total. The SMILES string of the molecule is CS(=O)(=O)N(CC(=O)N(Cc1ccccc1)[C@@H](Cc1ccccc1)C(=O)NC1CCCC1)c1cccc2ccccc12. The summed E-state index contributed by atoms with van der Waals surface area (Å²) in [5.74, 6) is -0.661. The number of hydrogen-bond donors (Lipinski definition) is 1. The number of carbonyl (C=O) groups is 2. The van der Waals surface area contributed by atoms with Crippen molar-refractivity contribution in [3.63, 3.8) is 0 Å². The number of benzene rings is 4. The summed E-state index contributed by atoms with van der Waals surface area (Å²) in [6, 6.07) is 31.3. The number of anilines is 1. The van der Waals surface area contributed by atoms with E-state index in [0.29, 0.717) is 12.1 Å². The topological polar surface area (TPSA) is 86.8 Å². The summed E-state index contributed by atoms with van der Waals surface area (Å²) in [4.78, 5) is 29.8. The molecule has 0 unspecified atom stereocenters. The van der Waals surface area contributed by atoms with Gasteiger partial charge < -0.3 is 10.2 Å². The van der Waals surface area contributed by atoms with E-state index in [-0.39, 0.29) is 18.5 Å². The van der Waals surface area contributed by atoms with E-state index in [1.54, 1.807) is 17.0 Å². The van der Waals surface area contributed by atoms with E-state index in [1.807, 2.05) is 91.0 Å². The number of fused-ring (bicyclic) bond motifs is 1. The lowest BCUT2D eigenvalue weighted by molar-refractivity contribution is -0.140. The lowest BCUT2D eigenvalue weighted by Gasteiger charge is -2.34. The molecular formula is C34H37N3O4S. The minimum Gasteiger partial charge on any atom is -0.352 e. The van der Waals surface area contributed by atoms with Gasteiger partial charge in [-0.3, -0.25) is 13.9 Å². The van der Waals surface area contributed by atoms with Crippen LogP contribution >= 0.6 is 0 Å². The Bertz CT molecular complexity index is 1620. The number of hydrogen-bond acceptors (Lipinski definition) is 4. The van der Waals surface area contributed by atoms with Crippen LogP contribution in [0.25, 0.3) is 10.8 Å². The maximum absolute atomic E-state index is 14.3. The first-order valence-electron chi connectivity index (χ1n) is 14.4. The van der Waals surface area contributed by atoms with Gasteiger partial charge in [0, 0.05) is 24.4 Å². The Morgan fingerprint density at radius 1 is 0.810 bits per heavy atom. The summed E-state index contributed by atoms with van der Waals surface area (Å²) in [5, 5.41) is 4.79. The van der Waals surface area contributed by atoms with Gasteiger partial charge in [0.25, 0.3) is 0 Å². The van der Waals surface area contributed by atoms with Crippen LogP contribution in [-0.4, -0.2) is 50.0 Å². The van der Waals surface area contributed by atoms with Crippen molar-refractivity contribution in [2.24, 2.45) is 0 Å². The zero-order valence-corrected chi connectivity index (χ0v) is 24.7. The van der Waals surface area contributed by atoms with Gasteiger partial charge in [-0.2, -0.15) is 0 Å². The number of rotatable bonds is 11. The quantitative estimate of drug-likeness (QED) is 0.260. The van der Waals surface area contributed by atoms with Crippen molar-refractivity contribution < 1.29 is 18.0 Å². The zero-order valence-electron chi connectivity index (χ0n) is 23.9. The number of nitrogens with zero attached hydrogens (tertiary/aromatic N) is 2. The molecule has 1 atom stereocenters. The van der Waals surface area contributed by atoms with Gasteiger partial charge in [0.05, 0.1) is 11.9 Å². The fourth-order valence-corrected chi connectivity index (χ4v) is 6.58. The van der Waals surface area contributed by atoms with Gasteiger partial charge in [-0.1, -0.05) is 110 Å².